The molecule has 0 radical (unpaired) electrons. The second kappa shape index (κ2) is 5.93. The summed E-state index contributed by atoms with van der Waals surface area (Å²) in [4.78, 5) is 19.1. The van der Waals surface area contributed by atoms with E-state index in [1.807, 2.05) is 11.8 Å². The number of nitrogen functional groups attached to an aromatic ring is 1. The van der Waals surface area contributed by atoms with E-state index in [1.165, 1.54) is 4.90 Å². The van der Waals surface area contributed by atoms with Crippen molar-refractivity contribution in [1.29, 1.82) is 0 Å². The first kappa shape index (κ1) is 16.5. The predicted octanol–water partition coefficient (Wildman–Crippen LogP) is 0.808. The highest BCUT2D eigenvalue weighted by molar-refractivity contribution is 5.85. The third-order valence-electron chi connectivity index (χ3n) is 4.18. The van der Waals surface area contributed by atoms with Gasteiger partial charge in [0, 0.05) is 50.9 Å². The fourth-order valence-corrected chi connectivity index (χ4v) is 2.80. The highest BCUT2D eigenvalue weighted by Crippen LogP contribution is 2.25. The first-order valence-electron chi connectivity index (χ1n) is 7.54. The summed E-state index contributed by atoms with van der Waals surface area (Å²) in [5.74, 6) is -4.47. The largest absolute Gasteiger partial charge is 0.396 e. The summed E-state index contributed by atoms with van der Waals surface area (Å²) < 4.78 is 30.9. The molecule has 3 rings (SSSR count). The molecule has 2 aromatic rings. The van der Waals surface area contributed by atoms with Gasteiger partial charge in [0.1, 0.15) is 0 Å². The maximum absolute atomic E-state index is 13.1. The molecule has 130 valence electrons. The van der Waals surface area contributed by atoms with Crippen molar-refractivity contribution in [2.45, 2.75) is 26.3 Å². The van der Waals surface area contributed by atoms with Crippen LogP contribution in [0, 0.1) is 6.92 Å². The summed E-state index contributed by atoms with van der Waals surface area (Å²) in [5, 5.41) is 7.42. The summed E-state index contributed by atoms with van der Waals surface area (Å²) >= 11 is 0. The Hall–Kier alpha value is -2.36. The molecule has 24 heavy (non-hydrogen) atoms. The Bertz CT molecular complexity index is 764. The van der Waals surface area contributed by atoms with Gasteiger partial charge in [-0.15, -0.1) is 0 Å². The van der Waals surface area contributed by atoms with Gasteiger partial charge < -0.3 is 10.6 Å². The molecule has 2 N–H and O–H groups in total. The Labute approximate surface area is 136 Å². The average Bonchev–Trinajstić information content (AvgIpc) is 2.99. The number of carbonyl (C=O) groups excluding carboxylic acids is 1. The van der Waals surface area contributed by atoms with Gasteiger partial charge in [-0.05, 0) is 17.2 Å². The molecule has 8 nitrogen and oxygen atoms in total. The second-order valence-electron chi connectivity index (χ2n) is 5.98. The van der Waals surface area contributed by atoms with Crippen LogP contribution >= 0.6 is 0 Å². The van der Waals surface area contributed by atoms with Crippen molar-refractivity contribution in [3.05, 3.63) is 11.3 Å². The van der Waals surface area contributed by atoms with Crippen LogP contribution in [-0.2, 0) is 11.3 Å². The van der Waals surface area contributed by atoms with Gasteiger partial charge >= 0.3 is 5.92 Å². The third kappa shape index (κ3) is 3.01. The van der Waals surface area contributed by atoms with E-state index in [9.17, 15) is 13.6 Å². The molecular weight excluding hydrogens is 322 g/mol. The normalized spacial score (nSPS) is 16.8. The molecule has 0 saturated carbocycles. The van der Waals surface area contributed by atoms with Crippen LogP contribution in [0.1, 0.15) is 18.2 Å². The lowest BCUT2D eigenvalue weighted by Crippen LogP contribution is -2.52. The lowest BCUT2D eigenvalue weighted by Gasteiger charge is -2.36. The fourth-order valence-electron chi connectivity index (χ4n) is 2.80. The number of nitrogens with two attached hydrogens (primary N) is 1. The van der Waals surface area contributed by atoms with Gasteiger partial charge in [0.15, 0.2) is 5.52 Å². The molecule has 2 aromatic heterocycles. The molecule has 0 aliphatic carbocycles. The van der Waals surface area contributed by atoms with E-state index in [0.717, 1.165) is 5.56 Å². The molecule has 1 amide bonds. The van der Waals surface area contributed by atoms with Gasteiger partial charge in [0.05, 0.1) is 5.69 Å². The van der Waals surface area contributed by atoms with Crippen LogP contribution in [0.4, 0.5) is 14.5 Å². The zero-order valence-corrected chi connectivity index (χ0v) is 13.4. The van der Waals surface area contributed by atoms with Gasteiger partial charge in [0.25, 0.3) is 5.91 Å². The van der Waals surface area contributed by atoms with E-state index in [0.29, 0.717) is 49.1 Å². The lowest BCUT2D eigenvalue weighted by molar-refractivity contribution is -0.156. The smallest absolute Gasteiger partial charge is 0.322 e. The number of halogens is 2. The third-order valence-corrected chi connectivity index (χ3v) is 4.18. The van der Waals surface area contributed by atoms with E-state index in [2.05, 4.69) is 19.9 Å². The maximum atomic E-state index is 13.1. The van der Waals surface area contributed by atoms with Crippen LogP contribution in [0.25, 0.3) is 11.2 Å². The van der Waals surface area contributed by atoms with Gasteiger partial charge in [-0.3, -0.25) is 9.69 Å². The van der Waals surface area contributed by atoms with E-state index in [1.54, 1.807) is 0 Å². The number of rotatable bonds is 3. The van der Waals surface area contributed by atoms with Gasteiger partial charge in [-0.1, -0.05) is 0 Å². The first-order valence-corrected chi connectivity index (χ1v) is 7.54. The molecule has 0 bridgehead atoms. The molecule has 1 saturated heterocycles. The van der Waals surface area contributed by atoms with Gasteiger partial charge in [0.2, 0.25) is 5.65 Å². The Morgan fingerprint density at radius 2 is 1.96 bits per heavy atom. The highest BCUT2D eigenvalue weighted by atomic mass is 19.3. The van der Waals surface area contributed by atoms with Crippen molar-refractivity contribution in [1.82, 2.24) is 25.1 Å². The molecular formula is C14H18F2N6O2. The number of fused-ring (bicyclic) bond motifs is 1. The number of hydrogen-bond acceptors (Lipinski definition) is 7. The standard InChI is InChI=1S/C14H18F2N6O2/c1-8-9(10(17)11-12(18-8)20-24-19-11)7-21-3-5-22(6-4-21)13(23)14(2,15)16/h3-7,17H2,1-2H3. The quantitative estimate of drug-likeness (QED) is 0.882. The number of carbonyl (C=O) groups is 1. The van der Waals surface area contributed by atoms with Crippen molar-refractivity contribution in [3.63, 3.8) is 0 Å². The number of alkyl halides is 2. The van der Waals surface area contributed by atoms with Crippen molar-refractivity contribution in [2.75, 3.05) is 31.9 Å². The molecule has 0 spiro atoms. The van der Waals surface area contributed by atoms with E-state index in [4.69, 9.17) is 5.73 Å². The van der Waals surface area contributed by atoms with Crippen LogP contribution < -0.4 is 5.73 Å². The second-order valence-corrected chi connectivity index (χ2v) is 5.98. The Balaban J connectivity index is 1.70. The molecule has 3 heterocycles. The highest BCUT2D eigenvalue weighted by Gasteiger charge is 2.37. The maximum Gasteiger partial charge on any atom is 0.322 e. The van der Waals surface area contributed by atoms with Gasteiger partial charge in [-0.25, -0.2) is 9.61 Å². The number of amides is 1. The molecule has 1 fully saturated rings. The summed E-state index contributed by atoms with van der Waals surface area (Å²) in [6, 6.07) is 0. The Kier molecular flexibility index (Phi) is 4.08. The van der Waals surface area contributed by atoms with Crippen LogP contribution in [-0.4, -0.2) is 63.1 Å². The van der Waals surface area contributed by atoms with Crippen molar-refractivity contribution < 1.29 is 18.2 Å². The number of piperazine rings is 1. The number of aryl methyl sites for hydroxylation is 1. The Morgan fingerprint density at radius 3 is 2.58 bits per heavy atom. The number of pyridine rings is 1. The average molecular weight is 340 g/mol. The van der Waals surface area contributed by atoms with E-state index >= 15 is 0 Å². The van der Waals surface area contributed by atoms with Crippen LogP contribution in [0.2, 0.25) is 0 Å². The summed E-state index contributed by atoms with van der Waals surface area (Å²) in [5.41, 5.74) is 8.87. The lowest BCUT2D eigenvalue weighted by atomic mass is 10.1. The summed E-state index contributed by atoms with van der Waals surface area (Å²) in [7, 11) is 0. The van der Waals surface area contributed by atoms with Crippen molar-refractivity contribution >= 4 is 22.8 Å². The number of nitrogens with zero attached hydrogens (tertiary/aromatic N) is 5. The zero-order chi connectivity index (χ0) is 17.5. The zero-order valence-electron chi connectivity index (χ0n) is 13.4. The van der Waals surface area contributed by atoms with Crippen LogP contribution in [0.15, 0.2) is 4.63 Å². The van der Waals surface area contributed by atoms with E-state index < -0.39 is 11.8 Å². The van der Waals surface area contributed by atoms with Crippen LogP contribution in [0.5, 0.6) is 0 Å². The predicted molar refractivity (Wildman–Crippen MR) is 81.2 cm³/mol. The SMILES string of the molecule is Cc1nc2nonc2c(N)c1CN1CCN(C(=O)C(C)(F)F)CC1. The molecule has 1 aliphatic heterocycles. The number of aromatic nitrogens is 3. The topological polar surface area (TPSA) is 101 Å². The minimum Gasteiger partial charge on any atom is -0.396 e. The molecule has 10 heteroatoms. The molecule has 0 atom stereocenters. The molecule has 0 aromatic carbocycles. The minimum atomic E-state index is -3.34. The minimum absolute atomic E-state index is 0.252. The number of hydrogen-bond donors (Lipinski definition) is 1. The molecule has 0 unspecified atom stereocenters. The van der Waals surface area contributed by atoms with Crippen molar-refractivity contribution in [3.8, 4) is 0 Å². The summed E-state index contributed by atoms with van der Waals surface area (Å²) in [6.45, 7) is 4.41. The monoisotopic (exact) mass is 340 g/mol. The fraction of sp³-hybridized carbons (Fsp3) is 0.571. The van der Waals surface area contributed by atoms with Crippen molar-refractivity contribution in [2.24, 2.45) is 0 Å². The van der Waals surface area contributed by atoms with Crippen LogP contribution in [0.3, 0.4) is 0 Å². The first-order chi connectivity index (χ1) is 11.3. The summed E-state index contributed by atoms with van der Waals surface area (Å²) in [6.07, 6.45) is 0. The van der Waals surface area contributed by atoms with E-state index in [-0.39, 0.29) is 13.1 Å². The number of anilines is 1. The molecule has 1 aliphatic rings. The van der Waals surface area contributed by atoms with Gasteiger partial charge in [-0.2, -0.15) is 8.78 Å². The Morgan fingerprint density at radius 1 is 1.29 bits per heavy atom.